The van der Waals surface area contributed by atoms with Crippen molar-refractivity contribution < 1.29 is 14.8 Å². The summed E-state index contributed by atoms with van der Waals surface area (Å²) in [6.07, 6.45) is 3.17. The van der Waals surface area contributed by atoms with Crippen molar-refractivity contribution in [2.75, 3.05) is 19.7 Å². The fraction of sp³-hybridized carbons (Fsp3) is 0.643. The molecular weight excluding hydrogens is 274 g/mol. The molecule has 1 aliphatic rings. The maximum atomic E-state index is 12.6. The topological polar surface area (TPSA) is 88.6 Å². The highest BCUT2D eigenvalue weighted by molar-refractivity contribution is 5.93. The minimum absolute atomic E-state index is 0.0314. The van der Waals surface area contributed by atoms with Crippen LogP contribution in [0.4, 0.5) is 5.69 Å². The normalized spacial score (nSPS) is 19.0. The average molecular weight is 295 g/mol. The van der Waals surface area contributed by atoms with Gasteiger partial charge >= 0.3 is 0 Å². The van der Waals surface area contributed by atoms with Gasteiger partial charge in [-0.3, -0.25) is 14.9 Å². The Hall–Kier alpha value is -1.89. The third-order valence-electron chi connectivity index (χ3n) is 3.88. The third kappa shape index (κ3) is 3.24. The minimum atomic E-state index is -0.484. The molecule has 1 fully saturated rings. The number of aliphatic hydroxyl groups excluding tert-OH is 1. The molecule has 1 N–H and O–H groups in total. The molecule has 0 bridgehead atoms. The zero-order chi connectivity index (χ0) is 15.6. The molecule has 0 saturated carbocycles. The van der Waals surface area contributed by atoms with Gasteiger partial charge in [0.05, 0.1) is 11.1 Å². The fourth-order valence-electron chi connectivity index (χ4n) is 2.72. The lowest BCUT2D eigenvalue weighted by Gasteiger charge is -2.32. The van der Waals surface area contributed by atoms with Gasteiger partial charge in [-0.05, 0) is 32.6 Å². The van der Waals surface area contributed by atoms with Crippen LogP contribution in [0, 0.1) is 16.0 Å². The summed E-state index contributed by atoms with van der Waals surface area (Å²) < 4.78 is 1.64. The van der Waals surface area contributed by atoms with E-state index in [0.29, 0.717) is 18.8 Å². The second-order valence-corrected chi connectivity index (χ2v) is 5.78. The van der Waals surface area contributed by atoms with Crippen LogP contribution in [0.3, 0.4) is 0 Å². The zero-order valence-corrected chi connectivity index (χ0v) is 12.4. The van der Waals surface area contributed by atoms with Crippen molar-refractivity contribution in [2.45, 2.75) is 32.7 Å². The number of nitrogens with zero attached hydrogens (tertiary/aromatic N) is 3. The lowest BCUT2D eigenvalue weighted by molar-refractivity contribution is -0.384. The van der Waals surface area contributed by atoms with E-state index in [1.165, 1.54) is 12.3 Å². The molecule has 1 aliphatic heterocycles. The first-order valence-corrected chi connectivity index (χ1v) is 7.20. The van der Waals surface area contributed by atoms with E-state index in [9.17, 15) is 20.0 Å². The molecule has 0 radical (unpaired) electrons. The van der Waals surface area contributed by atoms with Crippen molar-refractivity contribution in [3.63, 3.8) is 0 Å². The van der Waals surface area contributed by atoms with Crippen molar-refractivity contribution >= 4 is 11.6 Å². The van der Waals surface area contributed by atoms with E-state index in [4.69, 9.17) is 0 Å². The lowest BCUT2D eigenvalue weighted by Crippen LogP contribution is -2.41. The van der Waals surface area contributed by atoms with Gasteiger partial charge < -0.3 is 14.6 Å². The maximum Gasteiger partial charge on any atom is 0.287 e. The Morgan fingerprint density at radius 1 is 1.57 bits per heavy atom. The predicted molar refractivity (Wildman–Crippen MR) is 77.2 cm³/mol. The molecule has 1 saturated heterocycles. The fourth-order valence-corrected chi connectivity index (χ4v) is 2.72. The number of aromatic nitrogens is 1. The van der Waals surface area contributed by atoms with Crippen LogP contribution in [0.15, 0.2) is 12.3 Å². The van der Waals surface area contributed by atoms with E-state index >= 15 is 0 Å². The quantitative estimate of drug-likeness (QED) is 0.678. The maximum absolute atomic E-state index is 12.6. The number of nitro groups is 1. The van der Waals surface area contributed by atoms with E-state index in [0.717, 1.165) is 12.8 Å². The standard InChI is InChI=1S/C14H21N3O4/c1-10(2)16-8-12(17(20)21)6-13(16)14(19)15-5-3-4-11(7-15)9-18/h6,8,10-11,18H,3-5,7,9H2,1-2H3. The van der Waals surface area contributed by atoms with Gasteiger partial charge in [0, 0.05) is 31.8 Å². The van der Waals surface area contributed by atoms with Crippen LogP contribution >= 0.6 is 0 Å². The third-order valence-corrected chi connectivity index (χ3v) is 3.88. The van der Waals surface area contributed by atoms with E-state index in [-0.39, 0.29) is 30.2 Å². The molecular formula is C14H21N3O4. The Morgan fingerprint density at radius 2 is 2.29 bits per heavy atom. The number of carbonyl (C=O) groups excluding carboxylic acids is 1. The molecule has 0 aromatic carbocycles. The van der Waals surface area contributed by atoms with E-state index in [2.05, 4.69) is 0 Å². The van der Waals surface area contributed by atoms with Gasteiger partial charge in [0.15, 0.2) is 0 Å². The van der Waals surface area contributed by atoms with E-state index in [1.807, 2.05) is 13.8 Å². The van der Waals surface area contributed by atoms with Gasteiger partial charge in [-0.25, -0.2) is 0 Å². The monoisotopic (exact) mass is 295 g/mol. The first kappa shape index (κ1) is 15.5. The van der Waals surface area contributed by atoms with Crippen molar-refractivity contribution in [1.82, 2.24) is 9.47 Å². The number of carbonyl (C=O) groups is 1. The Balaban J connectivity index is 2.27. The van der Waals surface area contributed by atoms with Gasteiger partial charge in [-0.1, -0.05) is 0 Å². The van der Waals surface area contributed by atoms with Crippen LogP contribution in [-0.2, 0) is 0 Å². The largest absolute Gasteiger partial charge is 0.396 e. The van der Waals surface area contributed by atoms with Crippen molar-refractivity contribution in [3.8, 4) is 0 Å². The van der Waals surface area contributed by atoms with Gasteiger partial charge in [-0.2, -0.15) is 0 Å². The Kier molecular flexibility index (Phi) is 4.62. The van der Waals surface area contributed by atoms with Crippen molar-refractivity contribution in [1.29, 1.82) is 0 Å². The second kappa shape index (κ2) is 6.26. The summed E-state index contributed by atoms with van der Waals surface area (Å²) in [7, 11) is 0. The summed E-state index contributed by atoms with van der Waals surface area (Å²) >= 11 is 0. The number of amides is 1. The van der Waals surface area contributed by atoms with Crippen molar-refractivity contribution in [3.05, 3.63) is 28.1 Å². The number of likely N-dealkylation sites (tertiary alicyclic amines) is 1. The lowest BCUT2D eigenvalue weighted by atomic mass is 9.99. The van der Waals surface area contributed by atoms with Crippen LogP contribution in [0.5, 0.6) is 0 Å². The van der Waals surface area contributed by atoms with Crippen LogP contribution in [0.1, 0.15) is 43.2 Å². The number of aliphatic hydroxyl groups is 1. The highest BCUT2D eigenvalue weighted by atomic mass is 16.6. The van der Waals surface area contributed by atoms with Crippen molar-refractivity contribution in [2.24, 2.45) is 5.92 Å². The van der Waals surface area contributed by atoms with Gasteiger partial charge in [0.1, 0.15) is 5.69 Å². The summed E-state index contributed by atoms with van der Waals surface area (Å²) in [6, 6.07) is 1.31. The number of hydrogen-bond acceptors (Lipinski definition) is 4. The summed E-state index contributed by atoms with van der Waals surface area (Å²) in [5.74, 6) is -0.102. The molecule has 0 aliphatic carbocycles. The molecule has 21 heavy (non-hydrogen) atoms. The Bertz CT molecular complexity index is 538. The Morgan fingerprint density at radius 3 is 2.86 bits per heavy atom. The summed E-state index contributed by atoms with van der Waals surface area (Å²) in [6.45, 7) is 4.97. The van der Waals surface area contributed by atoms with Crippen LogP contribution in [0.2, 0.25) is 0 Å². The van der Waals surface area contributed by atoms with E-state index < -0.39 is 4.92 Å². The smallest absolute Gasteiger partial charge is 0.287 e. The number of rotatable bonds is 4. The molecule has 1 atom stereocenters. The molecule has 1 aromatic rings. The predicted octanol–water partition coefficient (Wildman–Crippen LogP) is 1.82. The van der Waals surface area contributed by atoms with Gasteiger partial charge in [0.2, 0.25) is 0 Å². The molecule has 2 rings (SSSR count). The van der Waals surface area contributed by atoms with Crippen LogP contribution in [0.25, 0.3) is 0 Å². The first-order valence-electron chi connectivity index (χ1n) is 7.20. The number of piperidine rings is 1. The minimum Gasteiger partial charge on any atom is -0.396 e. The van der Waals surface area contributed by atoms with Crippen LogP contribution < -0.4 is 0 Å². The number of hydrogen-bond donors (Lipinski definition) is 1. The average Bonchev–Trinajstić information content (AvgIpc) is 2.92. The molecule has 1 aromatic heterocycles. The van der Waals surface area contributed by atoms with Crippen LogP contribution in [-0.4, -0.2) is 45.1 Å². The molecule has 1 amide bonds. The summed E-state index contributed by atoms with van der Waals surface area (Å²) in [5.41, 5.74) is 0.276. The highest BCUT2D eigenvalue weighted by Crippen LogP contribution is 2.24. The molecule has 0 spiro atoms. The van der Waals surface area contributed by atoms with E-state index in [1.54, 1.807) is 9.47 Å². The SMILES string of the molecule is CC(C)n1cc([N+](=O)[O-])cc1C(=O)N1CCCC(CO)C1. The zero-order valence-electron chi connectivity index (χ0n) is 12.4. The first-order chi connectivity index (χ1) is 9.93. The molecule has 7 nitrogen and oxygen atoms in total. The molecule has 1 unspecified atom stereocenters. The molecule has 116 valence electrons. The second-order valence-electron chi connectivity index (χ2n) is 5.78. The summed E-state index contributed by atoms with van der Waals surface area (Å²) in [5, 5.41) is 20.2. The Labute approximate surface area is 123 Å². The highest BCUT2D eigenvalue weighted by Gasteiger charge is 2.28. The van der Waals surface area contributed by atoms with Gasteiger partial charge in [0.25, 0.3) is 11.6 Å². The molecule has 7 heteroatoms. The van der Waals surface area contributed by atoms with Gasteiger partial charge in [-0.15, -0.1) is 0 Å². The molecule has 2 heterocycles. The summed E-state index contributed by atoms with van der Waals surface area (Å²) in [4.78, 5) is 24.7.